The Labute approximate surface area is 839 Å². The van der Waals surface area contributed by atoms with Crippen LogP contribution in [0.4, 0.5) is 35.7 Å². The molecule has 19 rings (SSSR count). The van der Waals surface area contributed by atoms with E-state index in [1.807, 2.05) is 232 Å². The molecule has 2 aliphatic rings. The summed E-state index contributed by atoms with van der Waals surface area (Å²) >= 11 is 0. The van der Waals surface area contributed by atoms with E-state index in [0.717, 1.165) is 110 Å². The molecule has 6 aromatic carbocycles. The number of amides is 5. The van der Waals surface area contributed by atoms with Crippen LogP contribution < -0.4 is 62.7 Å². The van der Waals surface area contributed by atoms with Crippen LogP contribution in [0.3, 0.4) is 0 Å². The van der Waals surface area contributed by atoms with Gasteiger partial charge in [0.2, 0.25) is 35.7 Å². The van der Waals surface area contributed by atoms with Gasteiger partial charge in [-0.05, 0) is 150 Å². The van der Waals surface area contributed by atoms with Gasteiger partial charge in [-0.1, -0.05) is 182 Å². The van der Waals surface area contributed by atoms with Gasteiger partial charge in [-0.2, -0.15) is 0 Å². The summed E-state index contributed by atoms with van der Waals surface area (Å²) in [5.74, 6) is -2.04. The lowest BCUT2D eigenvalue weighted by molar-refractivity contribution is -0.163. The second kappa shape index (κ2) is 48.9. The number of allylic oxidation sites excluding steroid dienone is 2. The number of carbonyl (C=O) groups is 6. The molecule has 0 spiro atoms. The minimum absolute atomic E-state index is 0. The number of ether oxygens (including phenoxy) is 2. The van der Waals surface area contributed by atoms with Gasteiger partial charge >= 0.3 is 5.97 Å². The van der Waals surface area contributed by atoms with Gasteiger partial charge in [0.25, 0.3) is 29.5 Å². The topological polar surface area (TPSA) is 613 Å². The highest BCUT2D eigenvalue weighted by Gasteiger charge is 2.30. The number of aliphatic hydroxyl groups excluding tert-OH is 1. The molecule has 145 heavy (non-hydrogen) atoms. The summed E-state index contributed by atoms with van der Waals surface area (Å²) in [5.41, 5.74) is 77.5. The number of anilines is 6. The Balaban J connectivity index is 0.000000146. The van der Waals surface area contributed by atoms with Crippen molar-refractivity contribution in [3.8, 4) is 113 Å². The Morgan fingerprint density at radius 1 is 0.393 bits per heavy atom. The van der Waals surface area contributed by atoms with Gasteiger partial charge in [0.15, 0.2) is 6.29 Å². The van der Waals surface area contributed by atoms with Gasteiger partial charge in [0.1, 0.15) is 0 Å². The van der Waals surface area contributed by atoms with Gasteiger partial charge < -0.3 is 105 Å². The number of hydrogen-bond donors (Lipinski definition) is 13. The van der Waals surface area contributed by atoms with Gasteiger partial charge in [-0.15, -0.1) is 12.4 Å². The molecular formula is C106H107ClN28O10. The normalized spacial score (nSPS) is 12.3. The third-order valence-corrected chi connectivity index (χ3v) is 23.2. The quantitative estimate of drug-likeness (QED) is 0.0239. The highest BCUT2D eigenvalue weighted by atomic mass is 35.5. The smallest absolute Gasteiger partial charge is 0.337 e. The van der Waals surface area contributed by atoms with Crippen LogP contribution in [-0.4, -0.2) is 162 Å². The Kier molecular flexibility index (Phi) is 35.0. The fraction of sp³-hybridized carbons (Fsp3) is 0.151. The minimum Gasteiger partial charge on any atom is -0.478 e. The largest absolute Gasteiger partial charge is 0.478 e. The number of nitrogens with two attached hydrogens (primary N) is 10. The number of rotatable bonds is 26. The van der Waals surface area contributed by atoms with E-state index in [0.29, 0.717) is 112 Å². The molecule has 1 unspecified atom stereocenters. The monoisotopic (exact) mass is 1970 g/mol. The van der Waals surface area contributed by atoms with Crippen LogP contribution in [0.25, 0.3) is 124 Å². The molecule has 1 fully saturated rings. The van der Waals surface area contributed by atoms with Gasteiger partial charge in [0, 0.05) is 96.1 Å². The van der Waals surface area contributed by atoms with Crippen LogP contribution in [0.2, 0.25) is 0 Å². The van der Waals surface area contributed by atoms with E-state index < -0.39 is 29.6 Å². The van der Waals surface area contributed by atoms with Crippen LogP contribution in [0.5, 0.6) is 0 Å². The van der Waals surface area contributed by atoms with Crippen molar-refractivity contribution in [1.82, 2.24) is 88.0 Å². The first-order chi connectivity index (χ1) is 69.7. The lowest BCUT2D eigenvalue weighted by atomic mass is 9.99. The number of carboxylic acid groups (broad SMARTS) is 1. The van der Waals surface area contributed by atoms with Crippen molar-refractivity contribution >= 4 is 94.7 Å². The lowest BCUT2D eigenvalue weighted by Crippen LogP contribution is -2.24. The fourth-order valence-corrected chi connectivity index (χ4v) is 16.9. The summed E-state index contributed by atoms with van der Waals surface area (Å²) in [4.78, 5) is 121. The molecule has 738 valence electrons. The van der Waals surface area contributed by atoms with E-state index in [1.54, 1.807) is 111 Å². The Hall–Kier alpha value is -18.5. The minimum atomic E-state index is -0.973. The van der Waals surface area contributed by atoms with Gasteiger partial charge in [0.05, 0.1) is 132 Å². The third kappa shape index (κ3) is 25.0. The third-order valence-electron chi connectivity index (χ3n) is 23.2. The number of carbonyl (C=O) groups excluding carboxylic acids is 5. The van der Waals surface area contributed by atoms with Crippen molar-refractivity contribution in [3.63, 3.8) is 0 Å². The zero-order valence-corrected chi connectivity index (χ0v) is 80.3. The van der Waals surface area contributed by atoms with Crippen molar-refractivity contribution in [1.29, 1.82) is 0 Å². The molecule has 12 heterocycles. The molecule has 38 nitrogen and oxygen atoms in total. The van der Waals surface area contributed by atoms with Gasteiger partial charge in [-0.3, -0.25) is 24.0 Å². The number of hydrogen-bond acceptors (Lipinski definition) is 27. The number of nitrogens with zero attached hydrogens (tertiary/aromatic N) is 17. The summed E-state index contributed by atoms with van der Waals surface area (Å²) in [6, 6.07) is 76.7. The first kappa shape index (κ1) is 104. The Morgan fingerprint density at radius 2 is 0.690 bits per heavy atom. The number of benzene rings is 6. The van der Waals surface area contributed by atoms with Crippen molar-refractivity contribution in [3.05, 3.63) is 337 Å². The van der Waals surface area contributed by atoms with Crippen LogP contribution in [-0.2, 0) is 47.5 Å². The zero-order valence-electron chi connectivity index (χ0n) is 79.5. The highest BCUT2D eigenvalue weighted by Crippen LogP contribution is 2.41. The summed E-state index contributed by atoms with van der Waals surface area (Å²) in [6.45, 7) is 7.07. The van der Waals surface area contributed by atoms with Gasteiger partial charge in [-0.25, -0.2) is 64.6 Å². The Morgan fingerprint density at radius 3 is 1.01 bits per heavy atom. The fourth-order valence-electron chi connectivity index (χ4n) is 16.9. The van der Waals surface area contributed by atoms with E-state index in [1.165, 1.54) is 0 Å². The van der Waals surface area contributed by atoms with Crippen LogP contribution in [0.15, 0.2) is 298 Å². The number of aliphatic hydroxyl groups is 1. The van der Waals surface area contributed by atoms with Crippen LogP contribution in [0.1, 0.15) is 103 Å². The zero-order chi connectivity index (χ0) is 102. The number of carboxylic acids is 1. The molecule has 17 aromatic rings. The molecule has 11 aromatic heterocycles. The molecule has 23 N–H and O–H groups in total. The molecular weight excluding hydrogens is 1860 g/mol. The summed E-state index contributed by atoms with van der Waals surface area (Å²) in [6.07, 6.45) is 14.9. The number of primary amides is 4. The average molecular weight is 1970 g/mol. The van der Waals surface area contributed by atoms with E-state index >= 15 is 0 Å². The number of likely N-dealkylation sites (N-methyl/N-ethyl adjacent to an activating group) is 1. The second-order valence-corrected chi connectivity index (χ2v) is 32.3. The molecule has 0 saturated carbocycles. The maximum atomic E-state index is 12.3. The van der Waals surface area contributed by atoms with Crippen LogP contribution in [0, 0.1) is 0 Å². The molecule has 1 atom stereocenters. The lowest BCUT2D eigenvalue weighted by Gasteiger charge is -2.23. The first-order valence-electron chi connectivity index (χ1n) is 45.7. The van der Waals surface area contributed by atoms with Crippen LogP contribution >= 0.6 is 12.4 Å². The number of nitrogen functional groups attached to an aromatic ring is 6. The molecule has 1 saturated heterocycles. The summed E-state index contributed by atoms with van der Waals surface area (Å²) < 4.78 is 21.3. The number of aromatic nitrogens is 17. The highest BCUT2D eigenvalue weighted by molar-refractivity contribution is 6.10. The van der Waals surface area contributed by atoms with E-state index in [9.17, 15) is 39.0 Å². The molecule has 0 radical (unpaired) electrons. The molecule has 39 heteroatoms. The SMILES string of the molecule is CCn1c(-c2ccnc(N)n2)cc(C(=O)O)c1-c1ccccc1.CCn1c(-c2ccnc(N)n2)cc(C(N)=O)c1-c1ccccc1.CNC(=O)C1=C(c2ccccc2)CC(c2ccnc(N)n2)=C1.Cl.Cn1c(-c2ccnc(N)n2)cc(C(N)=O)c1-c1ccccc1.NC(=O)c1cc(-c2ccnc(N)n2)n(CCO)c1-c1ccccc1.NC(=O)c1cc(-c2ccnc(N)n2)n(CCOC2CCCCO2)c1-c1ccccc1. The van der Waals surface area contributed by atoms with E-state index in [-0.39, 0.29) is 79.0 Å². The Bertz CT molecular complexity index is 7360. The first-order valence-corrected chi connectivity index (χ1v) is 45.7. The van der Waals surface area contributed by atoms with E-state index in [4.69, 9.17) is 66.8 Å². The van der Waals surface area contributed by atoms with Crippen molar-refractivity contribution in [2.45, 2.75) is 72.0 Å². The van der Waals surface area contributed by atoms with E-state index in [2.05, 4.69) is 65.1 Å². The summed E-state index contributed by atoms with van der Waals surface area (Å²) in [7, 11) is 3.49. The second-order valence-electron chi connectivity index (χ2n) is 32.3. The number of nitrogens with one attached hydrogen (secondary N) is 1. The standard InChI is InChI=1S/C22H25N5O3.C17H17N5O2.C17H17N5O.C17H16N4O2.C17H16N4O.C16H15N5O.ClH/c23-21(28)16-14-18(17-9-10-25-22(24)26-17)27(20(16)15-6-2-1-3-7-15)11-13-30-19-8-4-5-12-29-19;18-16(24)12-10-14(13-6-7-20-17(19)21-13)22(8-9-23)15(12)11-4-2-1-3-5-11;1-2-22-14(13-8-9-20-17(19)21-13)10-12(16(18)23)15(22)11-6-4-3-5-7-11;1-2-21-14(13-8-9-19-17(18)20-13)10-12(16(22)23)15(21)11-6-4-3-5-7-11;1-19-16(22)14-10-12(15-7-8-20-17(18)21-15)9-13(14)11-5-3-2-4-6-11;1-21-13(12-7-8-19-16(18)20-12)9-11(15(17)22)14(21)10-5-3-2-4-6-10;/h1-3,6-7,9-10,14,19H,4-5,8,11-13H2,(H2,23,28)(H2,24,25,26);1-7,10,23H,8-9H2,(H2,18,24)(H2,19,20,21);3-10H,2H2,1H3,(H2,18,23)(H2,19,20,21);3-10H,2H2,1H3,(H,22,23)(H2,18,19,20);2-8,10H,9H2,1H3,(H,19,22)(H2,18,20,21);2-9H,1H3,(H2,17,22)(H2,18,19,20);1H. The van der Waals surface area contributed by atoms with Crippen molar-refractivity contribution in [2.24, 2.45) is 30.0 Å². The molecule has 0 bridgehead atoms. The molecule has 1 aliphatic carbocycles. The summed E-state index contributed by atoms with van der Waals surface area (Å²) in [5, 5.41) is 21.8. The van der Waals surface area contributed by atoms with Crippen molar-refractivity contribution < 1.29 is 48.5 Å². The number of aromatic carboxylic acids is 1. The average Bonchev–Trinajstić information content (AvgIpc) is 1.76. The molecule has 1 aliphatic heterocycles. The maximum absolute atomic E-state index is 12.3. The maximum Gasteiger partial charge on any atom is 0.337 e. The molecule has 5 amide bonds. The predicted molar refractivity (Wildman–Crippen MR) is 560 cm³/mol. The van der Waals surface area contributed by atoms with Crippen molar-refractivity contribution in [2.75, 3.05) is 61.3 Å². The number of halogens is 1. The predicted octanol–water partition coefficient (Wildman–Crippen LogP) is 13.6.